The van der Waals surface area contributed by atoms with Crippen LogP contribution in [0.25, 0.3) is 0 Å². The first-order valence-corrected chi connectivity index (χ1v) is 7.68. The summed E-state index contributed by atoms with van der Waals surface area (Å²) < 4.78 is 5.46. The van der Waals surface area contributed by atoms with Gasteiger partial charge in [0.15, 0.2) is 0 Å². The Kier molecular flexibility index (Phi) is 4.81. The molecule has 0 radical (unpaired) electrons. The van der Waals surface area contributed by atoms with Crippen LogP contribution < -0.4 is 0 Å². The number of nitrogens with zero attached hydrogens (tertiary/aromatic N) is 2. The van der Waals surface area contributed by atoms with Crippen LogP contribution in [0.3, 0.4) is 0 Å². The first-order chi connectivity index (χ1) is 10.8. The van der Waals surface area contributed by atoms with E-state index in [1.54, 1.807) is 12.3 Å². The highest BCUT2D eigenvalue weighted by atomic mass is 16.5. The van der Waals surface area contributed by atoms with Crippen LogP contribution in [0.15, 0.2) is 54.7 Å². The second-order valence-corrected chi connectivity index (χ2v) is 5.47. The minimum absolute atomic E-state index is 0.00738. The number of hydrogen-bond donors (Lipinski definition) is 0. The molecule has 3 rings (SSSR count). The van der Waals surface area contributed by atoms with E-state index >= 15 is 0 Å². The molecule has 0 bridgehead atoms. The van der Waals surface area contributed by atoms with Crippen molar-refractivity contribution < 1.29 is 9.53 Å². The summed E-state index contributed by atoms with van der Waals surface area (Å²) in [5, 5.41) is 0. The quantitative estimate of drug-likeness (QED) is 0.851. The van der Waals surface area contributed by atoms with E-state index in [1.165, 1.54) is 5.56 Å². The summed E-state index contributed by atoms with van der Waals surface area (Å²) >= 11 is 0. The van der Waals surface area contributed by atoms with Gasteiger partial charge in [-0.05, 0) is 30.5 Å². The van der Waals surface area contributed by atoms with E-state index < -0.39 is 0 Å². The summed E-state index contributed by atoms with van der Waals surface area (Å²) in [6.45, 7) is 2.03. The number of carbonyl (C=O) groups is 1. The van der Waals surface area contributed by atoms with Gasteiger partial charge in [0.2, 0.25) is 0 Å². The van der Waals surface area contributed by atoms with Crippen molar-refractivity contribution in [1.29, 1.82) is 0 Å². The first kappa shape index (κ1) is 14.7. The van der Waals surface area contributed by atoms with Crippen LogP contribution in [0.1, 0.15) is 22.5 Å². The summed E-state index contributed by atoms with van der Waals surface area (Å²) in [5.41, 5.74) is 1.74. The molecule has 0 aliphatic carbocycles. The summed E-state index contributed by atoms with van der Waals surface area (Å²) in [6.07, 6.45) is 3.40. The third-order valence-corrected chi connectivity index (χ3v) is 3.98. The summed E-state index contributed by atoms with van der Waals surface area (Å²) in [7, 11) is 0. The van der Waals surface area contributed by atoms with E-state index in [0.717, 1.165) is 19.4 Å². The van der Waals surface area contributed by atoms with Gasteiger partial charge in [0, 0.05) is 19.3 Å². The lowest BCUT2D eigenvalue weighted by molar-refractivity contribution is 0.0650. The number of hydrogen-bond acceptors (Lipinski definition) is 3. The van der Waals surface area contributed by atoms with Crippen molar-refractivity contribution in [1.82, 2.24) is 9.88 Å². The Bertz CT molecular complexity index is 595. The molecule has 1 aliphatic rings. The van der Waals surface area contributed by atoms with E-state index in [1.807, 2.05) is 35.2 Å². The number of benzene rings is 1. The van der Waals surface area contributed by atoms with Crippen molar-refractivity contribution in [2.75, 3.05) is 19.8 Å². The molecule has 2 aromatic rings. The predicted octanol–water partition coefficient (Wildman–Crippen LogP) is 2.56. The van der Waals surface area contributed by atoms with Gasteiger partial charge in [0.25, 0.3) is 5.91 Å². The van der Waals surface area contributed by atoms with Crippen LogP contribution >= 0.6 is 0 Å². The second kappa shape index (κ2) is 7.18. The van der Waals surface area contributed by atoms with Crippen molar-refractivity contribution in [3.63, 3.8) is 0 Å². The maximum Gasteiger partial charge on any atom is 0.272 e. The number of rotatable bonds is 5. The Labute approximate surface area is 130 Å². The summed E-state index contributed by atoms with van der Waals surface area (Å²) in [6, 6.07) is 15.8. The molecule has 0 unspecified atom stereocenters. The fraction of sp³-hybridized carbons (Fsp3) is 0.333. The third kappa shape index (κ3) is 3.52. The van der Waals surface area contributed by atoms with Crippen LogP contribution in [0, 0.1) is 0 Å². The Hall–Kier alpha value is -2.20. The second-order valence-electron chi connectivity index (χ2n) is 5.47. The zero-order chi connectivity index (χ0) is 15.2. The van der Waals surface area contributed by atoms with Crippen LogP contribution in [-0.4, -0.2) is 41.6 Å². The maximum absolute atomic E-state index is 12.8. The van der Waals surface area contributed by atoms with Gasteiger partial charge in [-0.3, -0.25) is 9.78 Å². The zero-order valence-electron chi connectivity index (χ0n) is 12.5. The van der Waals surface area contributed by atoms with Gasteiger partial charge < -0.3 is 9.64 Å². The van der Waals surface area contributed by atoms with Gasteiger partial charge in [-0.2, -0.15) is 0 Å². The Morgan fingerprint density at radius 2 is 2.00 bits per heavy atom. The van der Waals surface area contributed by atoms with Crippen molar-refractivity contribution in [3.8, 4) is 0 Å². The van der Waals surface area contributed by atoms with Gasteiger partial charge in [-0.1, -0.05) is 36.4 Å². The molecule has 4 nitrogen and oxygen atoms in total. The smallest absolute Gasteiger partial charge is 0.272 e. The van der Waals surface area contributed by atoms with Crippen LogP contribution in [-0.2, 0) is 11.2 Å². The predicted molar refractivity (Wildman–Crippen MR) is 84.6 cm³/mol. The average molecular weight is 296 g/mol. The van der Waals surface area contributed by atoms with Gasteiger partial charge in [0.05, 0.1) is 12.6 Å². The minimum atomic E-state index is -0.00738. The highest BCUT2D eigenvalue weighted by Crippen LogP contribution is 2.16. The number of aromatic nitrogens is 1. The molecular formula is C18H20N2O2. The molecule has 2 heterocycles. The molecule has 1 aromatic carbocycles. The van der Waals surface area contributed by atoms with E-state index in [2.05, 4.69) is 17.1 Å². The number of carbonyl (C=O) groups excluding carboxylic acids is 1. The summed E-state index contributed by atoms with van der Waals surface area (Å²) in [4.78, 5) is 18.9. The van der Waals surface area contributed by atoms with E-state index in [-0.39, 0.29) is 11.9 Å². The van der Waals surface area contributed by atoms with Gasteiger partial charge in [-0.25, -0.2) is 0 Å². The zero-order valence-corrected chi connectivity index (χ0v) is 12.5. The molecule has 114 valence electrons. The fourth-order valence-corrected chi connectivity index (χ4v) is 2.75. The highest BCUT2D eigenvalue weighted by Gasteiger charge is 2.28. The largest absolute Gasteiger partial charge is 0.379 e. The number of pyridine rings is 1. The molecule has 0 saturated carbocycles. The first-order valence-electron chi connectivity index (χ1n) is 7.68. The third-order valence-electron chi connectivity index (χ3n) is 3.98. The maximum atomic E-state index is 12.8. The van der Waals surface area contributed by atoms with Crippen LogP contribution in [0.5, 0.6) is 0 Å². The Morgan fingerprint density at radius 1 is 1.18 bits per heavy atom. The number of amides is 1. The molecule has 4 heteroatoms. The van der Waals surface area contributed by atoms with Gasteiger partial charge in [-0.15, -0.1) is 0 Å². The van der Waals surface area contributed by atoms with Crippen molar-refractivity contribution >= 4 is 5.91 Å². The summed E-state index contributed by atoms with van der Waals surface area (Å²) in [5.74, 6) is -0.00738. The van der Waals surface area contributed by atoms with Crippen molar-refractivity contribution in [3.05, 3.63) is 66.0 Å². The molecule has 0 N–H and O–H groups in total. The molecule has 1 fully saturated rings. The van der Waals surface area contributed by atoms with E-state index in [0.29, 0.717) is 18.8 Å². The normalized spacial score (nSPS) is 17.4. The monoisotopic (exact) mass is 296 g/mol. The molecule has 1 aromatic heterocycles. The van der Waals surface area contributed by atoms with Crippen molar-refractivity contribution in [2.45, 2.75) is 18.9 Å². The molecule has 22 heavy (non-hydrogen) atoms. The minimum Gasteiger partial charge on any atom is -0.379 e. The van der Waals surface area contributed by atoms with Crippen LogP contribution in [0.4, 0.5) is 0 Å². The van der Waals surface area contributed by atoms with Gasteiger partial charge >= 0.3 is 0 Å². The number of ether oxygens (including phenoxy) is 1. The van der Waals surface area contributed by atoms with Gasteiger partial charge in [0.1, 0.15) is 5.69 Å². The Morgan fingerprint density at radius 3 is 2.68 bits per heavy atom. The van der Waals surface area contributed by atoms with E-state index in [9.17, 15) is 4.79 Å². The molecular weight excluding hydrogens is 276 g/mol. The van der Waals surface area contributed by atoms with Crippen LogP contribution in [0.2, 0.25) is 0 Å². The molecule has 1 atom stereocenters. The Balaban J connectivity index is 1.73. The van der Waals surface area contributed by atoms with Crippen molar-refractivity contribution in [2.24, 2.45) is 0 Å². The average Bonchev–Trinajstić information content (AvgIpc) is 3.11. The lowest BCUT2D eigenvalue weighted by atomic mass is 10.1. The topological polar surface area (TPSA) is 42.4 Å². The SMILES string of the molecule is O=C(c1ccccn1)N(CCc1ccccc1)[C@@H]1CCOC1. The molecule has 1 aliphatic heterocycles. The fourth-order valence-electron chi connectivity index (χ4n) is 2.75. The highest BCUT2D eigenvalue weighted by molar-refractivity contribution is 5.92. The van der Waals surface area contributed by atoms with E-state index in [4.69, 9.17) is 4.74 Å². The lowest BCUT2D eigenvalue weighted by Crippen LogP contribution is -2.42. The molecule has 1 saturated heterocycles. The standard InChI is InChI=1S/C18H20N2O2/c21-18(17-8-4-5-11-19-17)20(16-10-13-22-14-16)12-9-15-6-2-1-3-7-15/h1-8,11,16H,9-10,12-14H2/t16-/m1/s1. The molecule has 0 spiro atoms. The molecule has 1 amide bonds. The lowest BCUT2D eigenvalue weighted by Gasteiger charge is -2.28.